The van der Waals surface area contributed by atoms with Crippen molar-refractivity contribution in [3.63, 3.8) is 0 Å². The molecule has 1 atom stereocenters. The molecule has 0 heterocycles. The number of hydrogen-bond acceptors (Lipinski definition) is 3. The van der Waals surface area contributed by atoms with Crippen molar-refractivity contribution in [2.75, 3.05) is 12.3 Å². The number of aliphatic hydroxyl groups is 1. The van der Waals surface area contributed by atoms with E-state index < -0.39 is 6.10 Å². The number of nitrogens with one attached hydrogen (secondary N) is 1. The Morgan fingerprint density at radius 2 is 1.86 bits per heavy atom. The number of halogens is 1. The van der Waals surface area contributed by atoms with Crippen LogP contribution in [0.4, 0.5) is 5.69 Å². The third-order valence-electron chi connectivity index (χ3n) is 3.12. The number of anilines is 1. The summed E-state index contributed by atoms with van der Waals surface area (Å²) in [5, 5.41) is 13.3. The Balaban J connectivity index is 1.86. The molecular weight excluding hydrogens is 288 g/mol. The second-order valence-corrected chi connectivity index (χ2v) is 5.16. The van der Waals surface area contributed by atoms with Gasteiger partial charge in [-0.3, -0.25) is 4.79 Å². The Morgan fingerprint density at radius 3 is 2.52 bits per heavy atom. The lowest BCUT2D eigenvalue weighted by atomic mass is 10.1. The highest BCUT2D eigenvalue weighted by Crippen LogP contribution is 2.16. The van der Waals surface area contributed by atoms with Crippen LogP contribution in [0, 0.1) is 0 Å². The molecular formula is C16H17ClN2O2. The van der Waals surface area contributed by atoms with Crippen LogP contribution in [0.25, 0.3) is 0 Å². The van der Waals surface area contributed by atoms with Gasteiger partial charge < -0.3 is 16.2 Å². The fourth-order valence-corrected chi connectivity index (χ4v) is 2.13. The maximum Gasteiger partial charge on any atom is 0.224 e. The van der Waals surface area contributed by atoms with Crippen LogP contribution < -0.4 is 11.1 Å². The van der Waals surface area contributed by atoms with Crippen molar-refractivity contribution in [1.29, 1.82) is 0 Å². The Morgan fingerprint density at radius 1 is 1.19 bits per heavy atom. The normalized spacial score (nSPS) is 11.9. The summed E-state index contributed by atoms with van der Waals surface area (Å²) < 4.78 is 0. The number of carbonyl (C=O) groups excluding carboxylic acids is 1. The molecule has 110 valence electrons. The molecule has 0 saturated heterocycles. The lowest BCUT2D eigenvalue weighted by Crippen LogP contribution is -2.29. The number of amides is 1. The zero-order chi connectivity index (χ0) is 15.2. The maximum atomic E-state index is 11.9. The lowest BCUT2D eigenvalue weighted by Gasteiger charge is -2.13. The van der Waals surface area contributed by atoms with Crippen molar-refractivity contribution in [3.8, 4) is 0 Å². The van der Waals surface area contributed by atoms with E-state index in [1.165, 1.54) is 0 Å². The Kier molecular flexibility index (Phi) is 5.20. The molecule has 0 aliphatic rings. The minimum atomic E-state index is -0.763. The largest absolute Gasteiger partial charge is 0.399 e. The summed E-state index contributed by atoms with van der Waals surface area (Å²) in [5.41, 5.74) is 7.69. The van der Waals surface area contributed by atoms with Crippen molar-refractivity contribution in [1.82, 2.24) is 5.32 Å². The number of aliphatic hydroxyl groups excluding tert-OH is 1. The van der Waals surface area contributed by atoms with Gasteiger partial charge in [-0.1, -0.05) is 41.9 Å². The van der Waals surface area contributed by atoms with E-state index in [0.717, 1.165) is 5.56 Å². The third kappa shape index (κ3) is 4.48. The van der Waals surface area contributed by atoms with Gasteiger partial charge in [0.15, 0.2) is 0 Å². The van der Waals surface area contributed by atoms with Crippen LogP contribution in [-0.4, -0.2) is 17.6 Å². The molecule has 21 heavy (non-hydrogen) atoms. The van der Waals surface area contributed by atoms with E-state index in [-0.39, 0.29) is 18.9 Å². The third-order valence-corrected chi connectivity index (χ3v) is 3.49. The highest BCUT2D eigenvalue weighted by molar-refractivity contribution is 6.31. The molecule has 0 saturated carbocycles. The molecule has 0 aliphatic carbocycles. The second-order valence-electron chi connectivity index (χ2n) is 4.75. The first-order chi connectivity index (χ1) is 10.1. The second kappa shape index (κ2) is 7.11. The first-order valence-electron chi connectivity index (χ1n) is 6.60. The molecule has 4 nitrogen and oxygen atoms in total. The van der Waals surface area contributed by atoms with E-state index in [1.807, 2.05) is 12.1 Å². The van der Waals surface area contributed by atoms with Crippen LogP contribution in [0.3, 0.4) is 0 Å². The molecule has 1 amide bonds. The van der Waals surface area contributed by atoms with Crippen molar-refractivity contribution in [2.45, 2.75) is 12.5 Å². The Hall–Kier alpha value is -2.04. The van der Waals surface area contributed by atoms with Crippen molar-refractivity contribution >= 4 is 23.2 Å². The zero-order valence-corrected chi connectivity index (χ0v) is 12.2. The fourth-order valence-electron chi connectivity index (χ4n) is 1.92. The molecule has 0 spiro atoms. The fraction of sp³-hybridized carbons (Fsp3) is 0.188. The molecule has 0 radical (unpaired) electrons. The average Bonchev–Trinajstić information content (AvgIpc) is 2.48. The number of hydrogen-bond donors (Lipinski definition) is 3. The highest BCUT2D eigenvalue weighted by Gasteiger charge is 2.11. The summed E-state index contributed by atoms with van der Waals surface area (Å²) in [6, 6.07) is 14.1. The Labute approximate surface area is 128 Å². The monoisotopic (exact) mass is 304 g/mol. The number of nitrogen functional groups attached to an aromatic ring is 1. The van der Waals surface area contributed by atoms with Gasteiger partial charge in [-0.25, -0.2) is 0 Å². The van der Waals surface area contributed by atoms with Crippen LogP contribution in [-0.2, 0) is 11.2 Å². The van der Waals surface area contributed by atoms with Crippen molar-refractivity contribution in [3.05, 3.63) is 64.7 Å². The summed E-state index contributed by atoms with van der Waals surface area (Å²) in [6.45, 7) is 0.146. The molecule has 0 bridgehead atoms. The van der Waals surface area contributed by atoms with E-state index >= 15 is 0 Å². The first-order valence-corrected chi connectivity index (χ1v) is 6.97. The van der Waals surface area contributed by atoms with Gasteiger partial charge in [-0.05, 0) is 29.3 Å². The van der Waals surface area contributed by atoms with Crippen LogP contribution in [0.15, 0.2) is 48.5 Å². The van der Waals surface area contributed by atoms with Gasteiger partial charge in [0.05, 0.1) is 12.5 Å². The number of benzene rings is 2. The van der Waals surface area contributed by atoms with Gasteiger partial charge in [0.25, 0.3) is 0 Å². The highest BCUT2D eigenvalue weighted by atomic mass is 35.5. The van der Waals surface area contributed by atoms with Crippen molar-refractivity contribution < 1.29 is 9.90 Å². The van der Waals surface area contributed by atoms with Crippen LogP contribution in [0.2, 0.25) is 5.02 Å². The minimum absolute atomic E-state index is 0.146. The van der Waals surface area contributed by atoms with E-state index in [9.17, 15) is 9.90 Å². The predicted octanol–water partition coefficient (Wildman–Crippen LogP) is 2.31. The van der Waals surface area contributed by atoms with Gasteiger partial charge in [0.1, 0.15) is 0 Å². The number of carbonyl (C=O) groups is 1. The van der Waals surface area contributed by atoms with Gasteiger partial charge in [-0.2, -0.15) is 0 Å². The minimum Gasteiger partial charge on any atom is -0.399 e. The van der Waals surface area contributed by atoms with Crippen LogP contribution >= 0.6 is 11.6 Å². The molecule has 0 aromatic heterocycles. The Bertz CT molecular complexity index is 614. The van der Waals surface area contributed by atoms with Gasteiger partial charge >= 0.3 is 0 Å². The van der Waals surface area contributed by atoms with E-state index in [2.05, 4.69) is 5.32 Å². The number of rotatable bonds is 5. The summed E-state index contributed by atoms with van der Waals surface area (Å²) >= 11 is 6.00. The zero-order valence-electron chi connectivity index (χ0n) is 11.4. The van der Waals surface area contributed by atoms with Gasteiger partial charge in [-0.15, -0.1) is 0 Å². The first kappa shape index (κ1) is 15.4. The summed E-state index contributed by atoms with van der Waals surface area (Å²) in [5.74, 6) is -0.183. The SMILES string of the molecule is Nc1ccc(C(O)CNC(=O)Cc2ccccc2Cl)cc1. The molecule has 5 heteroatoms. The van der Waals surface area contributed by atoms with Crippen LogP contribution in [0.1, 0.15) is 17.2 Å². The molecule has 0 aliphatic heterocycles. The summed E-state index contributed by atoms with van der Waals surface area (Å²) in [6.07, 6.45) is -0.575. The van der Waals surface area contributed by atoms with E-state index in [1.54, 1.807) is 36.4 Å². The molecule has 1 unspecified atom stereocenters. The quantitative estimate of drug-likeness (QED) is 0.742. The van der Waals surface area contributed by atoms with Gasteiger partial charge in [0, 0.05) is 17.3 Å². The van der Waals surface area contributed by atoms with Gasteiger partial charge in [0.2, 0.25) is 5.91 Å². The standard InChI is InChI=1S/C16H17ClN2O2/c17-14-4-2-1-3-12(14)9-16(21)19-10-15(20)11-5-7-13(18)8-6-11/h1-8,15,20H,9-10,18H2,(H,19,21). The van der Waals surface area contributed by atoms with Crippen LogP contribution in [0.5, 0.6) is 0 Å². The molecule has 0 fully saturated rings. The molecule has 2 rings (SSSR count). The number of nitrogens with two attached hydrogens (primary N) is 1. The van der Waals surface area contributed by atoms with Crippen molar-refractivity contribution in [2.24, 2.45) is 0 Å². The molecule has 2 aromatic carbocycles. The lowest BCUT2D eigenvalue weighted by molar-refractivity contribution is -0.120. The topological polar surface area (TPSA) is 75.3 Å². The molecule has 4 N–H and O–H groups in total. The predicted molar refractivity (Wildman–Crippen MR) is 84.0 cm³/mol. The van der Waals surface area contributed by atoms with E-state index in [0.29, 0.717) is 16.3 Å². The average molecular weight is 305 g/mol. The smallest absolute Gasteiger partial charge is 0.224 e. The summed E-state index contributed by atoms with van der Waals surface area (Å²) in [4.78, 5) is 11.9. The summed E-state index contributed by atoms with van der Waals surface area (Å²) in [7, 11) is 0. The molecule has 2 aromatic rings. The maximum absolute atomic E-state index is 11.9. The van der Waals surface area contributed by atoms with E-state index in [4.69, 9.17) is 17.3 Å².